The molecule has 9 nitrogen and oxygen atoms in total. The Hall–Kier alpha value is -3.89. The number of carbonyl (C=O) groups excluding carboxylic acids is 2. The molecule has 0 radical (unpaired) electrons. The largest absolute Gasteiger partial charge is 0.497 e. The Morgan fingerprint density at radius 1 is 0.897 bits per heavy atom. The van der Waals surface area contributed by atoms with Crippen LogP contribution in [0.2, 0.25) is 0 Å². The van der Waals surface area contributed by atoms with Gasteiger partial charge in [-0.3, -0.25) is 9.59 Å². The second kappa shape index (κ2) is 11.1. The van der Waals surface area contributed by atoms with Gasteiger partial charge in [0.1, 0.15) is 11.5 Å². The number of hydrogen-bond acceptors (Lipinski definition) is 6. The predicted molar refractivity (Wildman–Crippen MR) is 148 cm³/mol. The van der Waals surface area contributed by atoms with Gasteiger partial charge in [-0.25, -0.2) is 8.42 Å². The molecule has 2 aliphatic heterocycles. The minimum Gasteiger partial charge on any atom is -0.497 e. The van der Waals surface area contributed by atoms with Gasteiger partial charge in [-0.15, -0.1) is 0 Å². The van der Waals surface area contributed by atoms with Gasteiger partial charge in [0.05, 0.1) is 25.0 Å². The smallest absolute Gasteiger partial charge is 0.258 e. The van der Waals surface area contributed by atoms with Gasteiger partial charge in [-0.05, 0) is 85.5 Å². The first-order valence-electron chi connectivity index (χ1n) is 12.8. The Labute approximate surface area is 228 Å². The van der Waals surface area contributed by atoms with E-state index in [1.165, 1.54) is 23.5 Å². The van der Waals surface area contributed by atoms with E-state index >= 15 is 0 Å². The molecule has 3 aromatic rings. The molecule has 1 atom stereocenters. The van der Waals surface area contributed by atoms with Crippen LogP contribution in [0, 0.1) is 5.92 Å². The number of nitrogens with one attached hydrogen (secondary N) is 1. The minimum atomic E-state index is -3.74. The molecule has 0 spiro atoms. The molecule has 2 aliphatic rings. The van der Waals surface area contributed by atoms with Crippen molar-refractivity contribution in [2.45, 2.75) is 24.2 Å². The SMILES string of the molecule is COc1ccc(C(=O)N2CCc3ccc(NC(=O)[C@H]4CCCN(S(=O)(=O)c5ccc(OC)cc5)C4)cc32)cc1. The Morgan fingerprint density at radius 3 is 2.23 bits per heavy atom. The normalized spacial score (nSPS) is 17.4. The summed E-state index contributed by atoms with van der Waals surface area (Å²) in [6.45, 7) is 1.02. The molecule has 3 aromatic carbocycles. The summed E-state index contributed by atoms with van der Waals surface area (Å²) in [5.41, 5.74) is 2.92. The average molecular weight is 550 g/mol. The molecule has 1 saturated heterocycles. The van der Waals surface area contributed by atoms with E-state index < -0.39 is 15.9 Å². The van der Waals surface area contributed by atoms with E-state index in [9.17, 15) is 18.0 Å². The standard InChI is InChI=1S/C29H31N3O6S/c1-37-24-9-6-21(7-10-24)29(34)32-17-15-20-5-8-23(18-27(20)32)30-28(33)22-4-3-16-31(19-22)39(35,36)26-13-11-25(38-2)12-14-26/h5-14,18,22H,3-4,15-17,19H2,1-2H3,(H,30,33)/t22-/m0/s1. The highest BCUT2D eigenvalue weighted by molar-refractivity contribution is 7.89. The second-order valence-electron chi connectivity index (χ2n) is 9.65. The third-order valence-electron chi connectivity index (χ3n) is 7.28. The number of benzene rings is 3. The highest BCUT2D eigenvalue weighted by Gasteiger charge is 2.34. The molecular formula is C29H31N3O6S. The van der Waals surface area contributed by atoms with Gasteiger partial charge in [0, 0.05) is 36.6 Å². The van der Waals surface area contributed by atoms with E-state index in [1.807, 2.05) is 18.2 Å². The van der Waals surface area contributed by atoms with Crippen LogP contribution in [0.4, 0.5) is 11.4 Å². The number of nitrogens with zero attached hydrogens (tertiary/aromatic N) is 2. The van der Waals surface area contributed by atoms with Crippen molar-refractivity contribution < 1.29 is 27.5 Å². The van der Waals surface area contributed by atoms with Crippen molar-refractivity contribution in [2.75, 3.05) is 44.1 Å². The van der Waals surface area contributed by atoms with Crippen LogP contribution in [-0.2, 0) is 21.2 Å². The van der Waals surface area contributed by atoms with Crippen LogP contribution in [0.25, 0.3) is 0 Å². The van der Waals surface area contributed by atoms with Gasteiger partial charge >= 0.3 is 0 Å². The molecule has 2 amide bonds. The number of carbonyl (C=O) groups is 2. The summed E-state index contributed by atoms with van der Waals surface area (Å²) in [5, 5.41) is 2.95. The van der Waals surface area contributed by atoms with Crippen LogP contribution in [0.3, 0.4) is 0 Å². The van der Waals surface area contributed by atoms with Gasteiger partial charge in [-0.2, -0.15) is 4.31 Å². The van der Waals surface area contributed by atoms with Crippen LogP contribution in [0.5, 0.6) is 11.5 Å². The quantitative estimate of drug-likeness (QED) is 0.479. The summed E-state index contributed by atoms with van der Waals surface area (Å²) < 4.78 is 38.1. The van der Waals surface area contributed by atoms with E-state index in [2.05, 4.69) is 5.32 Å². The Bertz CT molecular complexity index is 1470. The fourth-order valence-electron chi connectivity index (χ4n) is 5.07. The van der Waals surface area contributed by atoms with Gasteiger partial charge in [0.2, 0.25) is 15.9 Å². The summed E-state index contributed by atoms with van der Waals surface area (Å²) in [5.74, 6) is 0.402. The lowest BCUT2D eigenvalue weighted by molar-refractivity contribution is -0.120. The lowest BCUT2D eigenvalue weighted by atomic mass is 9.98. The molecule has 0 saturated carbocycles. The summed E-state index contributed by atoms with van der Waals surface area (Å²) in [6, 6.07) is 18.8. The second-order valence-corrected chi connectivity index (χ2v) is 11.6. The first-order valence-corrected chi connectivity index (χ1v) is 14.3. The molecule has 5 rings (SSSR count). The van der Waals surface area contributed by atoms with Crippen molar-refractivity contribution in [2.24, 2.45) is 5.92 Å². The Balaban J connectivity index is 1.28. The lowest BCUT2D eigenvalue weighted by Crippen LogP contribution is -2.43. The molecule has 39 heavy (non-hydrogen) atoms. The number of fused-ring (bicyclic) bond motifs is 1. The molecule has 10 heteroatoms. The van der Waals surface area contributed by atoms with Crippen molar-refractivity contribution >= 4 is 33.2 Å². The molecular weight excluding hydrogens is 518 g/mol. The van der Waals surface area contributed by atoms with Crippen molar-refractivity contribution in [3.05, 3.63) is 77.9 Å². The lowest BCUT2D eigenvalue weighted by Gasteiger charge is -2.31. The van der Waals surface area contributed by atoms with E-state index in [0.29, 0.717) is 48.7 Å². The fraction of sp³-hybridized carbons (Fsp3) is 0.310. The molecule has 1 fully saturated rings. The monoisotopic (exact) mass is 549 g/mol. The number of piperidine rings is 1. The number of sulfonamides is 1. The summed E-state index contributed by atoms with van der Waals surface area (Å²) in [4.78, 5) is 28.3. The number of rotatable bonds is 7. The van der Waals surface area contributed by atoms with Crippen LogP contribution in [0.1, 0.15) is 28.8 Å². The fourth-order valence-corrected chi connectivity index (χ4v) is 6.60. The minimum absolute atomic E-state index is 0.104. The van der Waals surface area contributed by atoms with Crippen molar-refractivity contribution in [1.29, 1.82) is 0 Å². The molecule has 1 N–H and O–H groups in total. The molecule has 0 aliphatic carbocycles. The zero-order valence-electron chi connectivity index (χ0n) is 21.9. The number of methoxy groups -OCH3 is 2. The van der Waals surface area contributed by atoms with Crippen molar-refractivity contribution in [3.8, 4) is 11.5 Å². The molecule has 2 heterocycles. The van der Waals surface area contributed by atoms with E-state index in [-0.39, 0.29) is 23.3 Å². The number of hydrogen-bond donors (Lipinski definition) is 1. The molecule has 0 aromatic heterocycles. The first kappa shape index (κ1) is 26.7. The van der Waals surface area contributed by atoms with E-state index in [4.69, 9.17) is 9.47 Å². The molecule has 204 valence electrons. The Morgan fingerprint density at radius 2 is 1.56 bits per heavy atom. The van der Waals surface area contributed by atoms with Gasteiger partial charge in [0.25, 0.3) is 5.91 Å². The van der Waals surface area contributed by atoms with Gasteiger partial charge in [0.15, 0.2) is 0 Å². The average Bonchev–Trinajstić information content (AvgIpc) is 3.40. The van der Waals surface area contributed by atoms with Crippen LogP contribution in [-0.4, -0.2) is 58.4 Å². The number of amides is 2. The summed E-state index contributed by atoms with van der Waals surface area (Å²) in [7, 11) is -0.636. The maximum absolute atomic E-state index is 13.2. The predicted octanol–water partition coefficient (Wildman–Crippen LogP) is 3.95. The van der Waals surface area contributed by atoms with Crippen LogP contribution >= 0.6 is 0 Å². The third-order valence-corrected chi connectivity index (χ3v) is 9.16. The van der Waals surface area contributed by atoms with Gasteiger partial charge < -0.3 is 19.7 Å². The topological polar surface area (TPSA) is 105 Å². The zero-order valence-corrected chi connectivity index (χ0v) is 22.7. The van der Waals surface area contributed by atoms with Crippen molar-refractivity contribution in [1.82, 2.24) is 4.31 Å². The highest BCUT2D eigenvalue weighted by Crippen LogP contribution is 2.33. The van der Waals surface area contributed by atoms with Gasteiger partial charge in [-0.1, -0.05) is 6.07 Å². The van der Waals surface area contributed by atoms with E-state index in [0.717, 1.165) is 17.7 Å². The van der Waals surface area contributed by atoms with E-state index in [1.54, 1.807) is 48.4 Å². The number of ether oxygens (including phenoxy) is 2. The third kappa shape index (κ3) is 5.48. The summed E-state index contributed by atoms with van der Waals surface area (Å²) >= 11 is 0. The first-order chi connectivity index (χ1) is 18.8. The van der Waals surface area contributed by atoms with Crippen LogP contribution < -0.4 is 19.7 Å². The molecule has 0 unspecified atom stereocenters. The maximum atomic E-state index is 13.2. The van der Waals surface area contributed by atoms with Crippen molar-refractivity contribution in [3.63, 3.8) is 0 Å². The summed E-state index contributed by atoms with van der Waals surface area (Å²) in [6.07, 6.45) is 1.90. The zero-order chi connectivity index (χ0) is 27.6. The maximum Gasteiger partial charge on any atom is 0.258 e. The highest BCUT2D eigenvalue weighted by atomic mass is 32.2. The number of anilines is 2. The van der Waals surface area contributed by atoms with Crippen LogP contribution in [0.15, 0.2) is 71.6 Å². The molecule has 0 bridgehead atoms. The Kier molecular flexibility index (Phi) is 7.58.